The Morgan fingerprint density at radius 2 is 2.09 bits per heavy atom. The van der Waals surface area contributed by atoms with Gasteiger partial charge in [-0.25, -0.2) is 13.2 Å². The maximum absolute atomic E-state index is 12.7. The molecule has 0 spiro atoms. The molecular weight excluding hydrogens is 332 g/mol. The van der Waals surface area contributed by atoms with Crippen LogP contribution in [0.2, 0.25) is 5.02 Å². The van der Waals surface area contributed by atoms with Crippen LogP contribution < -0.4 is 5.73 Å². The highest BCUT2D eigenvalue weighted by molar-refractivity contribution is 7.89. The minimum atomic E-state index is -4.04. The number of rotatable bonds is 4. The summed E-state index contributed by atoms with van der Waals surface area (Å²) in [4.78, 5) is 22.7. The van der Waals surface area contributed by atoms with Gasteiger partial charge in [-0.2, -0.15) is 4.31 Å². The number of carbonyl (C=O) groups is 2. The summed E-state index contributed by atoms with van der Waals surface area (Å²) in [7, 11) is -2.85. The van der Waals surface area contributed by atoms with Crippen LogP contribution in [-0.4, -0.2) is 44.3 Å². The molecule has 22 heavy (non-hydrogen) atoms. The second-order valence-corrected chi connectivity index (χ2v) is 7.08. The summed E-state index contributed by atoms with van der Waals surface area (Å²) in [6.07, 6.45) is 0.893. The topological polar surface area (TPSA) is 107 Å². The fourth-order valence-corrected chi connectivity index (χ4v) is 4.55. The first kappa shape index (κ1) is 16.7. The molecule has 1 aliphatic rings. The summed E-state index contributed by atoms with van der Waals surface area (Å²) in [6, 6.07) is 2.90. The zero-order valence-electron chi connectivity index (χ0n) is 11.8. The van der Waals surface area contributed by atoms with E-state index in [2.05, 4.69) is 4.74 Å². The summed E-state index contributed by atoms with van der Waals surface area (Å²) in [6.45, 7) is 0.175. The SMILES string of the molecule is COC(=O)c1ccc(Cl)c(S(=O)(=O)N2CCCC2C(N)=O)c1. The predicted molar refractivity (Wildman–Crippen MR) is 78.9 cm³/mol. The molecule has 2 rings (SSSR count). The highest BCUT2D eigenvalue weighted by Gasteiger charge is 2.39. The lowest BCUT2D eigenvalue weighted by atomic mass is 10.2. The van der Waals surface area contributed by atoms with Gasteiger partial charge in [0.25, 0.3) is 0 Å². The number of sulfonamides is 1. The molecule has 1 saturated heterocycles. The molecule has 1 unspecified atom stereocenters. The number of nitrogens with two attached hydrogens (primary N) is 1. The summed E-state index contributed by atoms with van der Waals surface area (Å²) in [5, 5.41) is -0.0391. The third-order valence-corrected chi connectivity index (χ3v) is 5.86. The molecule has 1 aromatic carbocycles. The smallest absolute Gasteiger partial charge is 0.337 e. The fourth-order valence-electron chi connectivity index (χ4n) is 2.38. The minimum Gasteiger partial charge on any atom is -0.465 e. The third kappa shape index (κ3) is 2.94. The molecule has 0 aromatic heterocycles. The van der Waals surface area contributed by atoms with Gasteiger partial charge in [-0.3, -0.25) is 4.79 Å². The quantitative estimate of drug-likeness (QED) is 0.810. The number of nitrogens with zero attached hydrogens (tertiary/aromatic N) is 1. The highest BCUT2D eigenvalue weighted by Crippen LogP contribution is 2.31. The molecule has 120 valence electrons. The van der Waals surface area contributed by atoms with Crippen LogP contribution in [0.1, 0.15) is 23.2 Å². The van der Waals surface area contributed by atoms with Gasteiger partial charge in [-0.15, -0.1) is 0 Å². The summed E-state index contributed by atoms with van der Waals surface area (Å²) in [5.41, 5.74) is 5.30. The lowest BCUT2D eigenvalue weighted by Crippen LogP contribution is -2.43. The van der Waals surface area contributed by atoms with Gasteiger partial charge in [0.05, 0.1) is 17.7 Å². The van der Waals surface area contributed by atoms with Gasteiger partial charge >= 0.3 is 5.97 Å². The third-order valence-electron chi connectivity index (χ3n) is 3.47. The van der Waals surface area contributed by atoms with Gasteiger partial charge in [0, 0.05) is 6.54 Å². The molecule has 9 heteroatoms. The van der Waals surface area contributed by atoms with Crippen LogP contribution in [0, 0.1) is 0 Å². The Labute approximate surface area is 133 Å². The van der Waals surface area contributed by atoms with Gasteiger partial charge in [-0.1, -0.05) is 11.6 Å². The number of ether oxygens (including phenoxy) is 1. The number of methoxy groups -OCH3 is 1. The average molecular weight is 347 g/mol. The van der Waals surface area contributed by atoms with E-state index in [0.29, 0.717) is 12.8 Å². The van der Waals surface area contributed by atoms with E-state index in [4.69, 9.17) is 17.3 Å². The van der Waals surface area contributed by atoms with Crippen molar-refractivity contribution in [2.75, 3.05) is 13.7 Å². The first-order valence-electron chi connectivity index (χ1n) is 6.48. The molecule has 0 radical (unpaired) electrons. The van der Waals surface area contributed by atoms with Crippen LogP contribution in [-0.2, 0) is 19.6 Å². The molecule has 1 amide bonds. The first-order valence-corrected chi connectivity index (χ1v) is 8.30. The van der Waals surface area contributed by atoms with Gasteiger partial charge in [0.2, 0.25) is 15.9 Å². The standard InChI is InChI=1S/C13H15ClN2O5S/c1-21-13(18)8-4-5-9(14)11(7-8)22(19,20)16-6-2-3-10(16)12(15)17/h4-5,7,10H,2-3,6H2,1H3,(H2,15,17). The number of halogens is 1. The van der Waals surface area contributed by atoms with Crippen molar-refractivity contribution in [1.82, 2.24) is 4.31 Å². The monoisotopic (exact) mass is 346 g/mol. The van der Waals surface area contributed by atoms with Crippen LogP contribution in [0.25, 0.3) is 0 Å². The molecule has 1 aromatic rings. The van der Waals surface area contributed by atoms with Crippen molar-refractivity contribution in [3.05, 3.63) is 28.8 Å². The van der Waals surface area contributed by atoms with E-state index in [0.717, 1.165) is 10.4 Å². The lowest BCUT2D eigenvalue weighted by molar-refractivity contribution is -0.121. The van der Waals surface area contributed by atoms with E-state index in [1.54, 1.807) is 0 Å². The normalized spacial score (nSPS) is 19.1. The Morgan fingerprint density at radius 1 is 1.41 bits per heavy atom. The van der Waals surface area contributed by atoms with Gasteiger partial charge in [-0.05, 0) is 31.0 Å². The zero-order chi connectivity index (χ0) is 16.5. The minimum absolute atomic E-state index is 0.0391. The number of carbonyl (C=O) groups excluding carboxylic acids is 2. The van der Waals surface area contributed by atoms with Gasteiger partial charge in [0.1, 0.15) is 10.9 Å². The number of hydrogen-bond acceptors (Lipinski definition) is 5. The lowest BCUT2D eigenvalue weighted by Gasteiger charge is -2.22. The van der Waals surface area contributed by atoms with Gasteiger partial charge < -0.3 is 10.5 Å². The van der Waals surface area contributed by atoms with Crippen LogP contribution in [0.4, 0.5) is 0 Å². The Morgan fingerprint density at radius 3 is 2.68 bits per heavy atom. The molecule has 1 atom stereocenters. The zero-order valence-corrected chi connectivity index (χ0v) is 13.4. The van der Waals surface area contributed by atoms with E-state index in [-0.39, 0.29) is 22.0 Å². The molecule has 0 saturated carbocycles. The molecule has 7 nitrogen and oxygen atoms in total. The maximum Gasteiger partial charge on any atom is 0.337 e. The number of hydrogen-bond donors (Lipinski definition) is 1. The van der Waals surface area contributed by atoms with E-state index in [1.807, 2.05) is 0 Å². The van der Waals surface area contributed by atoms with Crippen LogP contribution in [0.15, 0.2) is 23.1 Å². The predicted octanol–water partition coefficient (Wildman–Crippen LogP) is 0.765. The Balaban J connectivity index is 2.49. The Kier molecular flexibility index (Phi) is 4.74. The number of primary amides is 1. The maximum atomic E-state index is 12.7. The van der Waals surface area contributed by atoms with Crippen molar-refractivity contribution >= 4 is 33.5 Å². The summed E-state index contributed by atoms with van der Waals surface area (Å²) in [5.74, 6) is -1.39. The highest BCUT2D eigenvalue weighted by atomic mass is 35.5. The van der Waals surface area contributed by atoms with Crippen molar-refractivity contribution in [2.45, 2.75) is 23.8 Å². The Hall–Kier alpha value is -1.64. The second kappa shape index (κ2) is 6.23. The van der Waals surface area contributed by atoms with Crippen molar-refractivity contribution in [3.8, 4) is 0 Å². The number of esters is 1. The van der Waals surface area contributed by atoms with E-state index in [9.17, 15) is 18.0 Å². The van der Waals surface area contributed by atoms with E-state index in [1.165, 1.54) is 19.2 Å². The molecular formula is C13H15ClN2O5S. The molecule has 1 fully saturated rings. The van der Waals surface area contributed by atoms with Crippen molar-refractivity contribution in [2.24, 2.45) is 5.73 Å². The molecule has 0 aliphatic carbocycles. The molecule has 1 aliphatic heterocycles. The van der Waals surface area contributed by atoms with Crippen molar-refractivity contribution in [3.63, 3.8) is 0 Å². The van der Waals surface area contributed by atoms with Crippen LogP contribution in [0.5, 0.6) is 0 Å². The number of benzene rings is 1. The van der Waals surface area contributed by atoms with E-state index < -0.39 is 27.9 Å². The van der Waals surface area contributed by atoms with Crippen LogP contribution >= 0.6 is 11.6 Å². The van der Waals surface area contributed by atoms with Crippen LogP contribution in [0.3, 0.4) is 0 Å². The molecule has 0 bridgehead atoms. The number of amides is 1. The second-order valence-electron chi connectivity index (χ2n) is 4.81. The fraction of sp³-hybridized carbons (Fsp3) is 0.385. The first-order chi connectivity index (χ1) is 10.3. The van der Waals surface area contributed by atoms with Crippen molar-refractivity contribution < 1.29 is 22.7 Å². The van der Waals surface area contributed by atoms with Crippen molar-refractivity contribution in [1.29, 1.82) is 0 Å². The summed E-state index contributed by atoms with van der Waals surface area (Å²) < 4.78 is 31.0. The Bertz CT molecular complexity index is 719. The molecule has 2 N–H and O–H groups in total. The van der Waals surface area contributed by atoms with E-state index >= 15 is 0 Å². The molecule has 1 heterocycles. The average Bonchev–Trinajstić information content (AvgIpc) is 2.97. The largest absolute Gasteiger partial charge is 0.465 e. The van der Waals surface area contributed by atoms with Gasteiger partial charge in [0.15, 0.2) is 0 Å². The summed E-state index contributed by atoms with van der Waals surface area (Å²) >= 11 is 5.96.